The van der Waals surface area contributed by atoms with Gasteiger partial charge < -0.3 is 9.73 Å². The van der Waals surface area contributed by atoms with Gasteiger partial charge in [-0.3, -0.25) is 9.78 Å². The lowest BCUT2D eigenvalue weighted by atomic mass is 10.1. The molecule has 3 rings (SSSR count). The molecule has 112 valence electrons. The topological polar surface area (TPSA) is 75.1 Å². The first-order valence-electron chi connectivity index (χ1n) is 6.77. The fraction of sp³-hybridized carbons (Fsp3) is 0.125. The Bertz CT molecular complexity index is 882. The van der Waals surface area contributed by atoms with E-state index in [1.807, 2.05) is 18.2 Å². The minimum absolute atomic E-state index is 0.114. The molecule has 2 aromatic carbocycles. The molecule has 0 unspecified atom stereocenters. The van der Waals surface area contributed by atoms with Crippen LogP contribution in [0.25, 0.3) is 11.1 Å². The fourth-order valence-corrected chi connectivity index (χ4v) is 2.41. The standard InChI is InChI=1S/C16H13ClN2O3/c17-11-3-1-2-10(8-11)4-7-15(20)18-12-5-6-13-14(9-12)22-16(21)19-13/h1-3,5-6,8-9H,4,7H2,(H,18,20)(H,19,21). The Morgan fingerprint density at radius 1 is 1.23 bits per heavy atom. The quantitative estimate of drug-likeness (QED) is 0.775. The molecule has 0 bridgehead atoms. The summed E-state index contributed by atoms with van der Waals surface area (Å²) in [6, 6.07) is 12.4. The Kier molecular flexibility index (Phi) is 3.98. The number of amides is 1. The van der Waals surface area contributed by atoms with Crippen molar-refractivity contribution < 1.29 is 9.21 Å². The number of nitrogens with one attached hydrogen (secondary N) is 2. The number of aromatic nitrogens is 1. The molecule has 0 radical (unpaired) electrons. The molecule has 0 saturated carbocycles. The number of aromatic amines is 1. The second kappa shape index (κ2) is 6.07. The monoisotopic (exact) mass is 316 g/mol. The van der Waals surface area contributed by atoms with Crippen molar-refractivity contribution in [1.82, 2.24) is 4.98 Å². The van der Waals surface area contributed by atoms with E-state index >= 15 is 0 Å². The van der Waals surface area contributed by atoms with Crippen LogP contribution in [0, 0.1) is 0 Å². The van der Waals surface area contributed by atoms with Crippen LogP contribution in [0.4, 0.5) is 5.69 Å². The minimum Gasteiger partial charge on any atom is -0.408 e. The number of carbonyl (C=O) groups excluding carboxylic acids is 1. The zero-order valence-corrected chi connectivity index (χ0v) is 12.3. The zero-order chi connectivity index (χ0) is 15.5. The number of carbonyl (C=O) groups is 1. The van der Waals surface area contributed by atoms with Crippen molar-refractivity contribution in [2.24, 2.45) is 0 Å². The molecular formula is C16H13ClN2O3. The second-order valence-corrected chi connectivity index (χ2v) is 5.34. The maximum atomic E-state index is 12.0. The van der Waals surface area contributed by atoms with Crippen LogP contribution in [0.1, 0.15) is 12.0 Å². The van der Waals surface area contributed by atoms with E-state index in [0.29, 0.717) is 34.7 Å². The lowest BCUT2D eigenvalue weighted by molar-refractivity contribution is -0.116. The zero-order valence-electron chi connectivity index (χ0n) is 11.6. The van der Waals surface area contributed by atoms with Crippen LogP contribution >= 0.6 is 11.6 Å². The van der Waals surface area contributed by atoms with Crippen molar-refractivity contribution >= 4 is 34.3 Å². The molecule has 1 amide bonds. The SMILES string of the molecule is O=C(CCc1cccc(Cl)c1)Nc1ccc2[nH]c(=O)oc2c1. The highest BCUT2D eigenvalue weighted by Gasteiger charge is 2.06. The molecular weight excluding hydrogens is 304 g/mol. The van der Waals surface area contributed by atoms with Crippen molar-refractivity contribution in [2.45, 2.75) is 12.8 Å². The summed E-state index contributed by atoms with van der Waals surface area (Å²) in [5.41, 5.74) is 2.61. The van der Waals surface area contributed by atoms with Gasteiger partial charge in [-0.05, 0) is 36.2 Å². The fourth-order valence-electron chi connectivity index (χ4n) is 2.20. The van der Waals surface area contributed by atoms with E-state index in [2.05, 4.69) is 10.3 Å². The Morgan fingerprint density at radius 2 is 2.09 bits per heavy atom. The van der Waals surface area contributed by atoms with Crippen molar-refractivity contribution in [1.29, 1.82) is 0 Å². The Labute approximate surface area is 130 Å². The summed E-state index contributed by atoms with van der Waals surface area (Å²) in [5.74, 6) is -0.628. The lowest BCUT2D eigenvalue weighted by Gasteiger charge is -2.05. The predicted octanol–water partition coefficient (Wildman–Crippen LogP) is 3.35. The maximum Gasteiger partial charge on any atom is 0.417 e. The molecule has 1 aromatic heterocycles. The van der Waals surface area contributed by atoms with Gasteiger partial charge in [-0.2, -0.15) is 0 Å². The maximum absolute atomic E-state index is 12.0. The summed E-state index contributed by atoms with van der Waals surface area (Å²) >= 11 is 5.91. The van der Waals surface area contributed by atoms with Crippen LogP contribution in [0.2, 0.25) is 5.02 Å². The first kappa shape index (κ1) is 14.4. The average Bonchev–Trinajstić information content (AvgIpc) is 2.84. The molecule has 0 spiro atoms. The molecule has 22 heavy (non-hydrogen) atoms. The van der Waals surface area contributed by atoms with Gasteiger partial charge in [0.25, 0.3) is 0 Å². The van der Waals surface area contributed by atoms with E-state index in [0.717, 1.165) is 5.56 Å². The van der Waals surface area contributed by atoms with Crippen LogP contribution < -0.4 is 11.1 Å². The van der Waals surface area contributed by atoms with Crippen LogP contribution in [-0.2, 0) is 11.2 Å². The smallest absolute Gasteiger partial charge is 0.408 e. The van der Waals surface area contributed by atoms with Gasteiger partial charge >= 0.3 is 5.76 Å². The van der Waals surface area contributed by atoms with Crippen molar-refractivity contribution in [3.8, 4) is 0 Å². The summed E-state index contributed by atoms with van der Waals surface area (Å²) in [6.45, 7) is 0. The van der Waals surface area contributed by atoms with Gasteiger partial charge in [0.1, 0.15) is 0 Å². The average molecular weight is 317 g/mol. The van der Waals surface area contributed by atoms with Gasteiger partial charge in [-0.15, -0.1) is 0 Å². The minimum atomic E-state index is -0.514. The van der Waals surface area contributed by atoms with E-state index in [1.54, 1.807) is 24.3 Å². The molecule has 1 heterocycles. The number of oxazole rings is 1. The lowest BCUT2D eigenvalue weighted by Crippen LogP contribution is -2.12. The summed E-state index contributed by atoms with van der Waals surface area (Å²) < 4.78 is 4.96. The van der Waals surface area contributed by atoms with Gasteiger partial charge in [0.2, 0.25) is 5.91 Å². The van der Waals surface area contributed by atoms with E-state index in [4.69, 9.17) is 16.0 Å². The Balaban J connectivity index is 1.64. The number of hydrogen-bond donors (Lipinski definition) is 2. The second-order valence-electron chi connectivity index (χ2n) is 4.90. The number of aryl methyl sites for hydroxylation is 1. The van der Waals surface area contributed by atoms with Crippen molar-refractivity contribution in [3.05, 3.63) is 63.6 Å². The Morgan fingerprint density at radius 3 is 2.91 bits per heavy atom. The normalized spacial score (nSPS) is 10.8. The molecule has 6 heteroatoms. The van der Waals surface area contributed by atoms with Gasteiger partial charge in [0, 0.05) is 23.2 Å². The van der Waals surface area contributed by atoms with E-state index in [-0.39, 0.29) is 5.91 Å². The van der Waals surface area contributed by atoms with E-state index in [9.17, 15) is 9.59 Å². The number of H-pyrrole nitrogens is 1. The highest BCUT2D eigenvalue weighted by molar-refractivity contribution is 6.30. The third kappa shape index (κ3) is 3.38. The van der Waals surface area contributed by atoms with Gasteiger partial charge in [0.15, 0.2) is 5.58 Å². The first-order chi connectivity index (χ1) is 10.6. The van der Waals surface area contributed by atoms with E-state index in [1.165, 1.54) is 0 Å². The van der Waals surface area contributed by atoms with Crippen LogP contribution in [0.3, 0.4) is 0 Å². The number of hydrogen-bond acceptors (Lipinski definition) is 3. The molecule has 3 aromatic rings. The largest absolute Gasteiger partial charge is 0.417 e. The number of benzene rings is 2. The third-order valence-electron chi connectivity index (χ3n) is 3.23. The molecule has 0 aliphatic heterocycles. The van der Waals surface area contributed by atoms with E-state index < -0.39 is 5.76 Å². The first-order valence-corrected chi connectivity index (χ1v) is 7.15. The van der Waals surface area contributed by atoms with Gasteiger partial charge in [-0.1, -0.05) is 23.7 Å². The number of rotatable bonds is 4. The molecule has 0 aliphatic carbocycles. The third-order valence-corrected chi connectivity index (χ3v) is 3.47. The number of anilines is 1. The molecule has 2 N–H and O–H groups in total. The van der Waals surface area contributed by atoms with Crippen LogP contribution in [0.5, 0.6) is 0 Å². The molecule has 0 fully saturated rings. The van der Waals surface area contributed by atoms with Gasteiger partial charge in [0.05, 0.1) is 5.52 Å². The highest BCUT2D eigenvalue weighted by Crippen LogP contribution is 2.17. The summed E-state index contributed by atoms with van der Waals surface area (Å²) in [5, 5.41) is 3.44. The van der Waals surface area contributed by atoms with Crippen LogP contribution in [-0.4, -0.2) is 10.9 Å². The predicted molar refractivity (Wildman–Crippen MR) is 85.2 cm³/mol. The summed E-state index contributed by atoms with van der Waals surface area (Å²) in [6.07, 6.45) is 0.948. The van der Waals surface area contributed by atoms with Crippen molar-refractivity contribution in [3.63, 3.8) is 0 Å². The molecule has 0 atom stereocenters. The molecule has 5 nitrogen and oxygen atoms in total. The number of fused-ring (bicyclic) bond motifs is 1. The highest BCUT2D eigenvalue weighted by atomic mass is 35.5. The molecule has 0 saturated heterocycles. The summed E-state index contributed by atoms with van der Waals surface area (Å²) in [4.78, 5) is 25.6. The van der Waals surface area contributed by atoms with Crippen LogP contribution in [0.15, 0.2) is 51.7 Å². The van der Waals surface area contributed by atoms with Crippen molar-refractivity contribution in [2.75, 3.05) is 5.32 Å². The summed E-state index contributed by atoms with van der Waals surface area (Å²) in [7, 11) is 0. The Hall–Kier alpha value is -2.53. The molecule has 0 aliphatic rings. The van der Waals surface area contributed by atoms with Gasteiger partial charge in [-0.25, -0.2) is 4.79 Å². The number of halogens is 1.